The summed E-state index contributed by atoms with van der Waals surface area (Å²) in [5, 5.41) is 12.1. The van der Waals surface area contributed by atoms with Crippen molar-refractivity contribution in [2.75, 3.05) is 0 Å². The Morgan fingerprint density at radius 1 is 1.03 bits per heavy atom. The molecule has 6 nitrogen and oxygen atoms in total. The molecular formula is C22H20BrN5O. The van der Waals surface area contributed by atoms with Crippen LogP contribution in [0.15, 0.2) is 71.3 Å². The van der Waals surface area contributed by atoms with Gasteiger partial charge in [-0.1, -0.05) is 48.5 Å². The molecule has 0 spiro atoms. The average Bonchev–Trinajstić information content (AvgIpc) is 3.28. The van der Waals surface area contributed by atoms with Crippen molar-refractivity contribution in [3.05, 3.63) is 88.3 Å². The third-order valence-corrected chi connectivity index (χ3v) is 5.61. The number of aromatic nitrogens is 4. The molecule has 0 saturated carbocycles. The Hall–Kier alpha value is -3.19. The molecule has 7 heteroatoms. The van der Waals surface area contributed by atoms with Crippen LogP contribution in [-0.2, 0) is 13.6 Å². The number of hydrogen-bond acceptors (Lipinski definition) is 3. The zero-order valence-corrected chi connectivity index (χ0v) is 17.7. The van der Waals surface area contributed by atoms with Crippen molar-refractivity contribution in [3.63, 3.8) is 0 Å². The van der Waals surface area contributed by atoms with E-state index in [0.29, 0.717) is 16.7 Å². The molecule has 0 saturated heterocycles. The van der Waals surface area contributed by atoms with Crippen molar-refractivity contribution in [2.45, 2.75) is 13.5 Å². The number of amides is 1. The third-order valence-electron chi connectivity index (χ3n) is 4.66. The van der Waals surface area contributed by atoms with Crippen molar-refractivity contribution in [2.24, 2.45) is 7.05 Å². The summed E-state index contributed by atoms with van der Waals surface area (Å²) in [5.74, 6) is -0.188. The molecule has 4 rings (SSSR count). The van der Waals surface area contributed by atoms with E-state index >= 15 is 0 Å². The molecule has 146 valence electrons. The highest BCUT2D eigenvalue weighted by atomic mass is 79.9. The summed E-state index contributed by atoms with van der Waals surface area (Å²) < 4.78 is 4.13. The number of para-hydroxylation sites is 1. The first kappa shape index (κ1) is 19.1. The van der Waals surface area contributed by atoms with E-state index in [4.69, 9.17) is 5.10 Å². The molecule has 4 aromatic rings. The Kier molecular flexibility index (Phi) is 5.31. The first-order valence-electron chi connectivity index (χ1n) is 9.21. The number of halogens is 1. The molecular weight excluding hydrogens is 430 g/mol. The third kappa shape index (κ3) is 3.86. The highest BCUT2D eigenvalue weighted by molar-refractivity contribution is 9.10. The smallest absolute Gasteiger partial charge is 0.270 e. The first-order valence-corrected chi connectivity index (χ1v) is 10.0. The van der Waals surface area contributed by atoms with Gasteiger partial charge in [0.2, 0.25) is 0 Å². The summed E-state index contributed by atoms with van der Waals surface area (Å²) in [5.41, 5.74) is 5.02. The zero-order valence-electron chi connectivity index (χ0n) is 16.1. The van der Waals surface area contributed by atoms with Gasteiger partial charge in [-0.15, -0.1) is 0 Å². The Labute approximate surface area is 177 Å². The van der Waals surface area contributed by atoms with E-state index in [1.807, 2.05) is 78.5 Å². The van der Waals surface area contributed by atoms with Crippen LogP contribution in [-0.4, -0.2) is 25.5 Å². The van der Waals surface area contributed by atoms with Gasteiger partial charge >= 0.3 is 0 Å². The van der Waals surface area contributed by atoms with Crippen molar-refractivity contribution < 1.29 is 4.79 Å². The van der Waals surface area contributed by atoms with Gasteiger partial charge in [0.1, 0.15) is 5.69 Å². The fourth-order valence-electron chi connectivity index (χ4n) is 3.23. The van der Waals surface area contributed by atoms with E-state index < -0.39 is 0 Å². The highest BCUT2D eigenvalue weighted by Gasteiger charge is 2.19. The van der Waals surface area contributed by atoms with Gasteiger partial charge in [-0.3, -0.25) is 9.48 Å². The van der Waals surface area contributed by atoms with Gasteiger partial charge in [-0.05, 0) is 35.0 Å². The van der Waals surface area contributed by atoms with Gasteiger partial charge < -0.3 is 5.32 Å². The lowest BCUT2D eigenvalue weighted by molar-refractivity contribution is 0.0940. The fraction of sp³-hybridized carbons (Fsp3) is 0.136. The van der Waals surface area contributed by atoms with Crippen molar-refractivity contribution in [1.82, 2.24) is 24.9 Å². The van der Waals surface area contributed by atoms with Crippen LogP contribution < -0.4 is 5.32 Å². The average molecular weight is 450 g/mol. The van der Waals surface area contributed by atoms with E-state index in [9.17, 15) is 4.79 Å². The minimum atomic E-state index is -0.188. The van der Waals surface area contributed by atoms with Crippen LogP contribution in [0.3, 0.4) is 0 Å². The van der Waals surface area contributed by atoms with Crippen molar-refractivity contribution >= 4 is 21.8 Å². The lowest BCUT2D eigenvalue weighted by atomic mass is 10.1. The van der Waals surface area contributed by atoms with Gasteiger partial charge in [0.05, 0.1) is 21.5 Å². The Balaban J connectivity index is 1.65. The molecule has 0 aliphatic carbocycles. The summed E-state index contributed by atoms with van der Waals surface area (Å²) in [6, 6.07) is 19.9. The monoisotopic (exact) mass is 449 g/mol. The van der Waals surface area contributed by atoms with Crippen LogP contribution >= 0.6 is 15.9 Å². The number of rotatable bonds is 5. The summed E-state index contributed by atoms with van der Waals surface area (Å²) in [7, 11) is 1.76. The van der Waals surface area contributed by atoms with Crippen molar-refractivity contribution in [1.29, 1.82) is 0 Å². The molecule has 2 aromatic heterocycles. The van der Waals surface area contributed by atoms with Crippen LogP contribution in [0.25, 0.3) is 16.9 Å². The summed E-state index contributed by atoms with van der Waals surface area (Å²) in [6.07, 6.45) is 1.96. The molecule has 29 heavy (non-hydrogen) atoms. The molecule has 0 aliphatic rings. The number of carbonyl (C=O) groups is 1. The van der Waals surface area contributed by atoms with Crippen LogP contribution in [0.5, 0.6) is 0 Å². The zero-order chi connectivity index (χ0) is 20.4. The lowest BCUT2D eigenvalue weighted by Crippen LogP contribution is -2.25. The standard InChI is InChI=1S/C22H20BrN5O/c1-15-19(23)21(27(2)25-15)22(29)24-13-17-14-28(18-11-7-4-8-12-18)26-20(17)16-9-5-3-6-10-16/h3-12,14H,13H2,1-2H3,(H,24,29). The fourth-order valence-corrected chi connectivity index (χ4v) is 3.75. The van der Waals surface area contributed by atoms with E-state index in [1.165, 1.54) is 0 Å². The van der Waals surface area contributed by atoms with E-state index in [-0.39, 0.29) is 5.91 Å². The topological polar surface area (TPSA) is 64.7 Å². The van der Waals surface area contributed by atoms with Crippen LogP contribution in [0, 0.1) is 6.92 Å². The van der Waals surface area contributed by atoms with Crippen LogP contribution in [0.4, 0.5) is 0 Å². The van der Waals surface area contributed by atoms with Crippen LogP contribution in [0.1, 0.15) is 21.7 Å². The van der Waals surface area contributed by atoms with E-state index in [0.717, 1.165) is 28.2 Å². The van der Waals surface area contributed by atoms with Gasteiger partial charge in [0, 0.05) is 30.9 Å². The van der Waals surface area contributed by atoms with Gasteiger partial charge in [0.25, 0.3) is 5.91 Å². The van der Waals surface area contributed by atoms with Crippen LogP contribution in [0.2, 0.25) is 0 Å². The van der Waals surface area contributed by atoms with Gasteiger partial charge in [-0.25, -0.2) is 4.68 Å². The maximum Gasteiger partial charge on any atom is 0.270 e. The number of carbonyl (C=O) groups excluding carboxylic acids is 1. The highest BCUT2D eigenvalue weighted by Crippen LogP contribution is 2.24. The molecule has 2 heterocycles. The molecule has 0 unspecified atom stereocenters. The van der Waals surface area contributed by atoms with E-state index in [1.54, 1.807) is 11.7 Å². The quantitative estimate of drug-likeness (QED) is 0.494. The van der Waals surface area contributed by atoms with Crippen molar-refractivity contribution in [3.8, 4) is 16.9 Å². The minimum absolute atomic E-state index is 0.188. The molecule has 0 radical (unpaired) electrons. The summed E-state index contributed by atoms with van der Waals surface area (Å²) in [6.45, 7) is 2.21. The summed E-state index contributed by atoms with van der Waals surface area (Å²) >= 11 is 3.45. The van der Waals surface area contributed by atoms with Gasteiger partial charge in [-0.2, -0.15) is 10.2 Å². The SMILES string of the molecule is Cc1nn(C)c(C(=O)NCc2cn(-c3ccccc3)nc2-c2ccccc2)c1Br. The maximum absolute atomic E-state index is 12.8. The largest absolute Gasteiger partial charge is 0.346 e. The normalized spacial score (nSPS) is 10.9. The molecule has 1 N–H and O–H groups in total. The first-order chi connectivity index (χ1) is 14.0. The van der Waals surface area contributed by atoms with Gasteiger partial charge in [0.15, 0.2) is 0 Å². The molecule has 0 bridgehead atoms. The number of hydrogen-bond donors (Lipinski definition) is 1. The maximum atomic E-state index is 12.8. The predicted molar refractivity (Wildman–Crippen MR) is 116 cm³/mol. The molecule has 1 amide bonds. The number of benzene rings is 2. The molecule has 0 fully saturated rings. The Morgan fingerprint density at radius 3 is 2.31 bits per heavy atom. The number of aryl methyl sites for hydroxylation is 2. The second kappa shape index (κ2) is 8.05. The minimum Gasteiger partial charge on any atom is -0.346 e. The predicted octanol–water partition coefficient (Wildman–Crippen LogP) is 4.27. The number of nitrogens with one attached hydrogen (secondary N) is 1. The summed E-state index contributed by atoms with van der Waals surface area (Å²) in [4.78, 5) is 12.8. The van der Waals surface area contributed by atoms with E-state index in [2.05, 4.69) is 26.3 Å². The lowest BCUT2D eigenvalue weighted by Gasteiger charge is -2.06. The molecule has 0 aliphatic heterocycles. The molecule has 2 aromatic carbocycles. The second-order valence-corrected chi connectivity index (χ2v) is 7.50. The molecule has 0 atom stereocenters. The number of nitrogens with zero attached hydrogens (tertiary/aromatic N) is 4. The second-order valence-electron chi connectivity index (χ2n) is 6.70. The Bertz CT molecular complexity index is 1150. The Morgan fingerprint density at radius 2 is 1.69 bits per heavy atom.